The number of amides is 1. The highest BCUT2D eigenvalue weighted by molar-refractivity contribution is 9.10. The fraction of sp³-hybridized carbons (Fsp3) is 0.353. The predicted octanol–water partition coefficient (Wildman–Crippen LogP) is 2.80. The van der Waals surface area contributed by atoms with Gasteiger partial charge in [-0.1, -0.05) is 0 Å². The number of nitrogens with zero attached hydrogens (tertiary/aromatic N) is 4. The molecule has 124 valence electrons. The van der Waals surface area contributed by atoms with E-state index in [4.69, 9.17) is 0 Å². The summed E-state index contributed by atoms with van der Waals surface area (Å²) in [6, 6.07) is 3.89. The fourth-order valence-electron chi connectivity index (χ4n) is 3.32. The minimum Gasteiger partial charge on any atom is -0.350 e. The van der Waals surface area contributed by atoms with Gasteiger partial charge in [-0.25, -0.2) is 9.97 Å². The van der Waals surface area contributed by atoms with Crippen molar-refractivity contribution in [1.29, 1.82) is 0 Å². The first kappa shape index (κ1) is 15.4. The van der Waals surface area contributed by atoms with Crippen molar-refractivity contribution >= 4 is 27.5 Å². The van der Waals surface area contributed by atoms with Crippen molar-refractivity contribution in [2.24, 2.45) is 0 Å². The SMILES string of the molecule is Cc1cnc2n1CCCC2C(=O)NCc1cnc2ccc(Br)cn12. The molecule has 0 spiro atoms. The zero-order valence-electron chi connectivity index (χ0n) is 13.4. The van der Waals surface area contributed by atoms with Gasteiger partial charge >= 0.3 is 0 Å². The summed E-state index contributed by atoms with van der Waals surface area (Å²) in [5, 5.41) is 3.05. The number of fused-ring (bicyclic) bond motifs is 2. The van der Waals surface area contributed by atoms with E-state index >= 15 is 0 Å². The number of carbonyl (C=O) groups is 1. The second kappa shape index (κ2) is 6.05. The highest BCUT2D eigenvalue weighted by Gasteiger charge is 2.28. The summed E-state index contributed by atoms with van der Waals surface area (Å²) in [4.78, 5) is 21.5. The lowest BCUT2D eigenvalue weighted by Crippen LogP contribution is -2.33. The summed E-state index contributed by atoms with van der Waals surface area (Å²) in [5.74, 6) is 0.752. The molecule has 3 aromatic heterocycles. The molecule has 4 rings (SSSR count). The van der Waals surface area contributed by atoms with Crippen molar-refractivity contribution in [1.82, 2.24) is 24.3 Å². The summed E-state index contributed by atoms with van der Waals surface area (Å²) in [5.41, 5.74) is 2.94. The Kier molecular flexibility index (Phi) is 3.88. The maximum atomic E-state index is 12.7. The van der Waals surface area contributed by atoms with Gasteiger partial charge in [0.2, 0.25) is 5.91 Å². The Labute approximate surface area is 148 Å². The molecule has 1 aliphatic heterocycles. The van der Waals surface area contributed by atoms with E-state index in [9.17, 15) is 4.79 Å². The fourth-order valence-corrected chi connectivity index (χ4v) is 3.65. The number of hydrogen-bond donors (Lipinski definition) is 1. The van der Waals surface area contributed by atoms with Gasteiger partial charge < -0.3 is 14.3 Å². The minimum absolute atomic E-state index is 0.0338. The largest absolute Gasteiger partial charge is 0.350 e. The van der Waals surface area contributed by atoms with Crippen LogP contribution in [0.4, 0.5) is 0 Å². The van der Waals surface area contributed by atoms with Crippen molar-refractivity contribution in [2.45, 2.75) is 38.8 Å². The van der Waals surface area contributed by atoms with Crippen LogP contribution < -0.4 is 5.32 Å². The first-order chi connectivity index (χ1) is 11.6. The number of hydrogen-bond acceptors (Lipinski definition) is 3. The van der Waals surface area contributed by atoms with Gasteiger partial charge in [0, 0.05) is 29.1 Å². The Hall–Kier alpha value is -2.15. The molecule has 6 nitrogen and oxygen atoms in total. The van der Waals surface area contributed by atoms with E-state index < -0.39 is 0 Å². The van der Waals surface area contributed by atoms with Crippen LogP contribution in [0, 0.1) is 6.92 Å². The van der Waals surface area contributed by atoms with Crippen LogP contribution in [0.15, 0.2) is 35.2 Å². The van der Waals surface area contributed by atoms with E-state index in [1.807, 2.05) is 35.9 Å². The van der Waals surface area contributed by atoms with Gasteiger partial charge in [0.05, 0.1) is 24.4 Å². The number of nitrogens with one attached hydrogen (secondary N) is 1. The number of aryl methyl sites for hydroxylation is 1. The summed E-state index contributed by atoms with van der Waals surface area (Å²) in [6.45, 7) is 3.44. The summed E-state index contributed by atoms with van der Waals surface area (Å²) < 4.78 is 5.11. The highest BCUT2D eigenvalue weighted by Crippen LogP contribution is 2.27. The Bertz CT molecular complexity index is 913. The first-order valence-electron chi connectivity index (χ1n) is 8.04. The maximum absolute atomic E-state index is 12.7. The summed E-state index contributed by atoms with van der Waals surface area (Å²) >= 11 is 3.47. The highest BCUT2D eigenvalue weighted by atomic mass is 79.9. The molecule has 24 heavy (non-hydrogen) atoms. The lowest BCUT2D eigenvalue weighted by atomic mass is 9.98. The van der Waals surface area contributed by atoms with Crippen molar-refractivity contribution in [3.8, 4) is 0 Å². The van der Waals surface area contributed by atoms with E-state index in [1.54, 1.807) is 6.20 Å². The third-order valence-electron chi connectivity index (χ3n) is 4.58. The molecule has 0 aromatic carbocycles. The molecule has 0 aliphatic carbocycles. The van der Waals surface area contributed by atoms with Gasteiger partial charge in [-0.3, -0.25) is 4.79 Å². The van der Waals surface area contributed by atoms with E-state index in [0.29, 0.717) is 6.54 Å². The molecule has 1 amide bonds. The lowest BCUT2D eigenvalue weighted by Gasteiger charge is -2.23. The van der Waals surface area contributed by atoms with Gasteiger partial charge in [0.25, 0.3) is 0 Å². The quantitative estimate of drug-likeness (QED) is 0.751. The zero-order chi connectivity index (χ0) is 16.7. The van der Waals surface area contributed by atoms with Crippen LogP contribution in [0.3, 0.4) is 0 Å². The number of imidazole rings is 2. The average molecular weight is 388 g/mol. The number of rotatable bonds is 3. The molecule has 1 atom stereocenters. The van der Waals surface area contributed by atoms with Crippen molar-refractivity contribution in [3.05, 3.63) is 52.4 Å². The van der Waals surface area contributed by atoms with Crippen molar-refractivity contribution < 1.29 is 4.79 Å². The van der Waals surface area contributed by atoms with Gasteiger partial charge in [-0.15, -0.1) is 0 Å². The second-order valence-corrected chi connectivity index (χ2v) is 7.06. The standard InChI is InChI=1S/C17H18BrN5O/c1-11-7-20-16-14(3-2-6-22(11)16)17(24)21-9-13-8-19-15-5-4-12(18)10-23(13)15/h4-5,7-8,10,14H,2-3,6,9H2,1H3,(H,21,24). The Morgan fingerprint density at radius 3 is 3.12 bits per heavy atom. The summed E-state index contributed by atoms with van der Waals surface area (Å²) in [6.07, 6.45) is 7.46. The average Bonchev–Trinajstić information content (AvgIpc) is 3.16. The molecule has 0 radical (unpaired) electrons. The molecule has 0 saturated heterocycles. The molecule has 1 N–H and O–H groups in total. The maximum Gasteiger partial charge on any atom is 0.231 e. The minimum atomic E-state index is -0.168. The molecule has 7 heteroatoms. The van der Waals surface area contributed by atoms with E-state index in [2.05, 4.69) is 35.8 Å². The van der Waals surface area contributed by atoms with Crippen LogP contribution in [0.25, 0.3) is 5.65 Å². The van der Waals surface area contributed by atoms with Crippen LogP contribution >= 0.6 is 15.9 Å². The van der Waals surface area contributed by atoms with Crippen LogP contribution in [0.1, 0.15) is 36.0 Å². The Morgan fingerprint density at radius 1 is 1.38 bits per heavy atom. The van der Waals surface area contributed by atoms with Crippen molar-refractivity contribution in [3.63, 3.8) is 0 Å². The molecular weight excluding hydrogens is 370 g/mol. The topological polar surface area (TPSA) is 64.2 Å². The normalized spacial score (nSPS) is 17.0. The van der Waals surface area contributed by atoms with Gasteiger partial charge in [0.15, 0.2) is 0 Å². The van der Waals surface area contributed by atoms with E-state index in [1.165, 1.54) is 0 Å². The molecule has 3 aromatic rings. The van der Waals surface area contributed by atoms with Gasteiger partial charge in [-0.05, 0) is 47.8 Å². The molecule has 0 bridgehead atoms. The Balaban J connectivity index is 1.52. The number of pyridine rings is 1. The van der Waals surface area contributed by atoms with Crippen LogP contribution in [0.2, 0.25) is 0 Å². The second-order valence-electron chi connectivity index (χ2n) is 6.15. The monoisotopic (exact) mass is 387 g/mol. The molecule has 1 aliphatic rings. The number of halogens is 1. The molecule has 4 heterocycles. The van der Waals surface area contributed by atoms with Gasteiger partial charge in [0.1, 0.15) is 11.5 Å². The van der Waals surface area contributed by atoms with Crippen LogP contribution in [0.5, 0.6) is 0 Å². The van der Waals surface area contributed by atoms with E-state index in [-0.39, 0.29) is 11.8 Å². The third-order valence-corrected chi connectivity index (χ3v) is 5.05. The number of carbonyl (C=O) groups excluding carboxylic acids is 1. The predicted molar refractivity (Wildman–Crippen MR) is 93.7 cm³/mol. The van der Waals surface area contributed by atoms with Gasteiger partial charge in [-0.2, -0.15) is 0 Å². The lowest BCUT2D eigenvalue weighted by molar-refractivity contribution is -0.123. The van der Waals surface area contributed by atoms with Crippen LogP contribution in [-0.4, -0.2) is 24.8 Å². The third kappa shape index (κ3) is 2.62. The summed E-state index contributed by atoms with van der Waals surface area (Å²) in [7, 11) is 0. The van der Waals surface area contributed by atoms with Crippen LogP contribution in [-0.2, 0) is 17.9 Å². The molecule has 1 unspecified atom stereocenters. The molecule has 0 saturated carbocycles. The first-order valence-corrected chi connectivity index (χ1v) is 8.84. The number of aromatic nitrogens is 4. The van der Waals surface area contributed by atoms with E-state index in [0.717, 1.165) is 46.7 Å². The Morgan fingerprint density at radius 2 is 2.25 bits per heavy atom. The van der Waals surface area contributed by atoms with Crippen molar-refractivity contribution in [2.75, 3.05) is 0 Å². The molecule has 0 fully saturated rings. The molecular formula is C17H18BrN5O. The zero-order valence-corrected chi connectivity index (χ0v) is 15.0. The smallest absolute Gasteiger partial charge is 0.231 e.